The number of anilines is 2. The second-order valence-corrected chi connectivity index (χ2v) is 9.63. The first-order chi connectivity index (χ1) is 18.4. The molecule has 1 saturated carbocycles. The highest BCUT2D eigenvalue weighted by Gasteiger charge is 2.48. The first kappa shape index (κ1) is 23.9. The number of halogens is 1. The van der Waals surface area contributed by atoms with Crippen LogP contribution in [-0.4, -0.2) is 59.5 Å². The van der Waals surface area contributed by atoms with Crippen LogP contribution in [0.3, 0.4) is 0 Å². The summed E-state index contributed by atoms with van der Waals surface area (Å²) in [6.07, 6.45) is 3.72. The highest BCUT2D eigenvalue weighted by molar-refractivity contribution is 6.04. The maximum Gasteiger partial charge on any atom is 0.256 e. The summed E-state index contributed by atoms with van der Waals surface area (Å²) in [5, 5.41) is 27.4. The van der Waals surface area contributed by atoms with Crippen molar-refractivity contribution >= 4 is 28.6 Å². The first-order valence-electron chi connectivity index (χ1n) is 12.3. The number of nitriles is 1. The number of likely N-dealkylation sites (tertiary alicyclic amines) is 1. The molecule has 12 heteroatoms. The fourth-order valence-electron chi connectivity index (χ4n) is 5.73. The van der Waals surface area contributed by atoms with E-state index in [4.69, 9.17) is 16.1 Å². The normalized spacial score (nSPS) is 21.4. The fourth-order valence-corrected chi connectivity index (χ4v) is 5.73. The molecule has 2 fully saturated rings. The van der Waals surface area contributed by atoms with Gasteiger partial charge in [-0.25, -0.2) is 24.0 Å². The molecule has 1 saturated heterocycles. The zero-order chi connectivity index (χ0) is 26.4. The highest BCUT2D eigenvalue weighted by atomic mass is 19.1. The predicted octanol–water partition coefficient (Wildman–Crippen LogP) is 2.73. The topological polar surface area (TPSA) is 159 Å². The van der Waals surface area contributed by atoms with Crippen LogP contribution in [0, 0.1) is 23.1 Å². The van der Waals surface area contributed by atoms with Gasteiger partial charge in [-0.1, -0.05) is 6.07 Å². The molecule has 3 aromatic heterocycles. The molecule has 192 valence electrons. The zero-order valence-corrected chi connectivity index (χ0v) is 20.2. The van der Waals surface area contributed by atoms with Gasteiger partial charge in [0.15, 0.2) is 5.65 Å². The maximum absolute atomic E-state index is 15.5. The molecule has 11 nitrogen and oxygen atoms in total. The van der Waals surface area contributed by atoms with Gasteiger partial charge in [0.2, 0.25) is 0 Å². The Balaban J connectivity index is 1.36. The van der Waals surface area contributed by atoms with Crippen molar-refractivity contribution < 1.29 is 14.3 Å². The van der Waals surface area contributed by atoms with Gasteiger partial charge in [-0.05, 0) is 49.1 Å². The number of piperidine rings is 1. The number of nitrogens with zero attached hydrogens (tertiary/aromatic N) is 7. The number of aromatic nitrogens is 5. The molecule has 2 bridgehead atoms. The van der Waals surface area contributed by atoms with Gasteiger partial charge in [0, 0.05) is 29.9 Å². The smallest absolute Gasteiger partial charge is 0.256 e. The van der Waals surface area contributed by atoms with Gasteiger partial charge in [-0.3, -0.25) is 9.69 Å². The quantitative estimate of drug-likeness (QED) is 0.352. The van der Waals surface area contributed by atoms with Gasteiger partial charge in [0.05, 0.1) is 23.9 Å². The van der Waals surface area contributed by atoms with Gasteiger partial charge in [-0.2, -0.15) is 10.4 Å². The van der Waals surface area contributed by atoms with Crippen molar-refractivity contribution in [2.75, 3.05) is 17.6 Å². The lowest BCUT2D eigenvalue weighted by molar-refractivity contribution is -0.0266. The summed E-state index contributed by atoms with van der Waals surface area (Å²) in [4.78, 5) is 27.2. The minimum atomic E-state index is -0.860. The number of amides is 1. The second-order valence-electron chi connectivity index (χ2n) is 9.63. The van der Waals surface area contributed by atoms with E-state index in [1.54, 1.807) is 29.1 Å². The van der Waals surface area contributed by atoms with E-state index in [1.807, 2.05) is 11.0 Å². The van der Waals surface area contributed by atoms with Crippen molar-refractivity contribution in [2.45, 2.75) is 37.6 Å². The van der Waals surface area contributed by atoms with Gasteiger partial charge < -0.3 is 16.2 Å². The summed E-state index contributed by atoms with van der Waals surface area (Å²) in [7, 11) is 0. The number of aliphatic hydroxyl groups excluding tert-OH is 1. The molecule has 2 aliphatic rings. The molecule has 0 radical (unpaired) electrons. The summed E-state index contributed by atoms with van der Waals surface area (Å²) >= 11 is 0. The van der Waals surface area contributed by atoms with Crippen molar-refractivity contribution in [2.24, 2.45) is 5.92 Å². The maximum atomic E-state index is 15.5. The SMILES string of the molecule is N#CCC(O)N1C[C@H]2CC(n3nc(-c4ccc(C(=O)Nc5ccccn5)cc4F)c4c(N)ncnc43)[C@H]1C2. The number of aliphatic hydroxyl groups is 1. The van der Waals surface area contributed by atoms with Crippen LogP contribution in [0.1, 0.15) is 35.7 Å². The summed E-state index contributed by atoms with van der Waals surface area (Å²) in [6.45, 7) is 0.712. The van der Waals surface area contributed by atoms with E-state index in [9.17, 15) is 9.90 Å². The van der Waals surface area contributed by atoms with Crippen molar-refractivity contribution in [1.82, 2.24) is 29.6 Å². The number of nitrogens with one attached hydrogen (secondary N) is 1. The standard InChI is InChI=1S/C26H24FN9O2/c27-17-11-15(26(38)33-20-3-1-2-8-30-20)4-5-16(17)23-22-24(29)31-13-32-25(22)36(34-23)19-10-14-9-18(19)35(12-14)21(37)6-7-28/h1-5,8,11,13-14,18-19,21,37H,6,9-10,12H2,(H2,29,31,32)(H,30,33,38)/t14-,18-,19?,21?/m1/s1. The van der Waals surface area contributed by atoms with E-state index < -0.39 is 18.0 Å². The van der Waals surface area contributed by atoms with E-state index in [2.05, 4.69) is 20.3 Å². The third-order valence-corrected chi connectivity index (χ3v) is 7.37. The van der Waals surface area contributed by atoms with Crippen LogP contribution in [0.15, 0.2) is 48.9 Å². The third-order valence-electron chi connectivity index (χ3n) is 7.37. The van der Waals surface area contributed by atoms with Crippen molar-refractivity contribution in [3.63, 3.8) is 0 Å². The fraction of sp³-hybridized carbons (Fsp3) is 0.308. The van der Waals surface area contributed by atoms with E-state index in [0.29, 0.717) is 29.3 Å². The first-order valence-corrected chi connectivity index (χ1v) is 12.3. The molecule has 4 heterocycles. The molecule has 6 rings (SSSR count). The molecule has 1 amide bonds. The second kappa shape index (κ2) is 9.44. The molecule has 1 aliphatic heterocycles. The molecule has 1 aliphatic carbocycles. The number of nitrogens with two attached hydrogens (primary N) is 1. The lowest BCUT2D eigenvalue weighted by atomic mass is 10.0. The van der Waals surface area contributed by atoms with Gasteiger partial charge in [0.25, 0.3) is 5.91 Å². The number of hydrogen-bond donors (Lipinski definition) is 3. The van der Waals surface area contributed by atoms with Crippen LogP contribution in [-0.2, 0) is 0 Å². The number of carbonyl (C=O) groups is 1. The van der Waals surface area contributed by atoms with Crippen molar-refractivity contribution in [3.8, 4) is 17.3 Å². The van der Waals surface area contributed by atoms with E-state index in [-0.39, 0.29) is 41.1 Å². The average molecular weight is 514 g/mol. The number of rotatable bonds is 6. The number of pyridine rings is 1. The van der Waals surface area contributed by atoms with Crippen LogP contribution < -0.4 is 11.1 Å². The minimum absolute atomic E-state index is 0.0155. The Morgan fingerprint density at radius 2 is 2.08 bits per heavy atom. The van der Waals surface area contributed by atoms with Crippen LogP contribution in [0.5, 0.6) is 0 Å². The van der Waals surface area contributed by atoms with E-state index in [0.717, 1.165) is 18.9 Å². The van der Waals surface area contributed by atoms with Crippen LogP contribution in [0.4, 0.5) is 16.0 Å². The minimum Gasteiger partial charge on any atom is -0.383 e. The summed E-state index contributed by atoms with van der Waals surface area (Å²) in [5.41, 5.74) is 7.26. The number of fused-ring (bicyclic) bond motifs is 3. The lowest BCUT2D eigenvalue weighted by Gasteiger charge is -2.35. The highest BCUT2D eigenvalue weighted by Crippen LogP contribution is 2.47. The Bertz CT molecular complexity index is 1570. The van der Waals surface area contributed by atoms with E-state index >= 15 is 4.39 Å². The molecule has 1 aromatic carbocycles. The molecule has 0 spiro atoms. The Hall–Kier alpha value is -4.47. The molecule has 4 N–H and O–H groups in total. The molecule has 2 unspecified atom stereocenters. The molecule has 4 aromatic rings. The lowest BCUT2D eigenvalue weighted by Crippen LogP contribution is -2.45. The Morgan fingerprint density at radius 3 is 2.82 bits per heavy atom. The number of hydrogen-bond acceptors (Lipinski definition) is 9. The average Bonchev–Trinajstić information content (AvgIpc) is 3.63. The molecule has 38 heavy (non-hydrogen) atoms. The number of carbonyl (C=O) groups excluding carboxylic acids is 1. The Labute approximate surface area is 216 Å². The summed E-state index contributed by atoms with van der Waals surface area (Å²) in [6, 6.07) is 11.1. The largest absolute Gasteiger partial charge is 0.383 e. The van der Waals surface area contributed by atoms with E-state index in [1.165, 1.54) is 18.5 Å². The van der Waals surface area contributed by atoms with Crippen LogP contribution in [0.25, 0.3) is 22.3 Å². The van der Waals surface area contributed by atoms with Gasteiger partial charge >= 0.3 is 0 Å². The third kappa shape index (κ3) is 4.02. The zero-order valence-electron chi connectivity index (χ0n) is 20.2. The summed E-state index contributed by atoms with van der Waals surface area (Å²) < 4.78 is 17.2. The summed E-state index contributed by atoms with van der Waals surface area (Å²) in [5.74, 6) is -0.277. The number of benzene rings is 1. The Morgan fingerprint density at radius 1 is 1.24 bits per heavy atom. The van der Waals surface area contributed by atoms with Crippen LogP contribution in [0.2, 0.25) is 0 Å². The van der Waals surface area contributed by atoms with Crippen molar-refractivity contribution in [1.29, 1.82) is 5.26 Å². The monoisotopic (exact) mass is 513 g/mol. The molecular formula is C26H24FN9O2. The number of nitrogen functional groups attached to an aromatic ring is 1. The van der Waals surface area contributed by atoms with Gasteiger partial charge in [-0.15, -0.1) is 0 Å². The molecular weight excluding hydrogens is 489 g/mol. The molecule has 4 atom stereocenters. The van der Waals surface area contributed by atoms with Crippen LogP contribution >= 0.6 is 0 Å². The Kier molecular flexibility index (Phi) is 5.94. The van der Waals surface area contributed by atoms with Crippen molar-refractivity contribution in [3.05, 3.63) is 60.3 Å². The predicted molar refractivity (Wildman–Crippen MR) is 136 cm³/mol. The van der Waals surface area contributed by atoms with Gasteiger partial charge in [0.1, 0.15) is 35.7 Å².